The maximum Gasteiger partial charge on any atom is 0.295 e. The van der Waals surface area contributed by atoms with Crippen LogP contribution in [0.25, 0.3) is 22.0 Å². The third kappa shape index (κ3) is 4.58. The monoisotopic (exact) mass is 473 g/mol. The lowest BCUT2D eigenvalue weighted by Crippen LogP contribution is -1.99. The zero-order valence-corrected chi connectivity index (χ0v) is 18.8. The maximum absolute atomic E-state index is 12.0. The lowest BCUT2D eigenvalue weighted by molar-refractivity contribution is 0.101. The van der Waals surface area contributed by atoms with Crippen molar-refractivity contribution >= 4 is 44.3 Å². The molecule has 4 rings (SSSR count). The summed E-state index contributed by atoms with van der Waals surface area (Å²) in [5, 5.41) is 7.92. The van der Waals surface area contributed by atoms with Crippen molar-refractivity contribution in [3.8, 4) is 11.3 Å². The molecule has 1 heterocycles. The minimum Gasteiger partial charge on any atom is -0.305 e. The average Bonchev–Trinajstić information content (AvgIpc) is 2.83. The summed E-state index contributed by atoms with van der Waals surface area (Å²) in [5.74, 6) is 5.20. The van der Waals surface area contributed by atoms with E-state index >= 15 is 0 Å². The number of hydrogen-bond acceptors (Lipinski definition) is 7. The van der Waals surface area contributed by atoms with Crippen LogP contribution >= 0.6 is 0 Å². The van der Waals surface area contributed by atoms with Crippen molar-refractivity contribution in [2.45, 2.75) is 11.8 Å². The van der Waals surface area contributed by atoms with Gasteiger partial charge in [-0.1, -0.05) is 53.8 Å². The number of nitrogens with zero attached hydrogens (tertiary/aromatic N) is 4. The van der Waals surface area contributed by atoms with E-state index in [1.54, 1.807) is 54.7 Å². The maximum atomic E-state index is 12.0. The number of hydrogen-bond donors (Lipinski definition) is 2. The molecule has 34 heavy (non-hydrogen) atoms. The van der Waals surface area contributed by atoms with Gasteiger partial charge in [-0.2, -0.15) is 8.42 Å². The van der Waals surface area contributed by atoms with Crippen LogP contribution in [0.1, 0.15) is 22.8 Å². The SMILES string of the molecule is CC(=O)c1ccccc1-c1ccc(C=Nc2cc(S(=O)(=O)O)c3ccccc3c2N=NN)cn1. The van der Waals surface area contributed by atoms with Crippen molar-refractivity contribution < 1.29 is 17.8 Å². The molecule has 3 aromatic carbocycles. The topological polar surface area (TPSA) is 147 Å². The molecular formula is C24H19N5O4S. The van der Waals surface area contributed by atoms with Crippen molar-refractivity contribution in [1.82, 2.24) is 4.98 Å². The molecule has 9 nitrogen and oxygen atoms in total. The molecule has 0 spiro atoms. The average molecular weight is 474 g/mol. The van der Waals surface area contributed by atoms with Gasteiger partial charge in [-0.15, -0.1) is 5.11 Å². The number of benzene rings is 3. The first-order valence-electron chi connectivity index (χ1n) is 10.0. The second-order valence-electron chi connectivity index (χ2n) is 7.32. The van der Waals surface area contributed by atoms with Crippen LogP contribution in [0.2, 0.25) is 0 Å². The number of nitrogens with two attached hydrogens (primary N) is 1. The van der Waals surface area contributed by atoms with E-state index in [0.29, 0.717) is 22.2 Å². The molecule has 3 N–H and O–H groups in total. The van der Waals surface area contributed by atoms with Gasteiger partial charge in [0.05, 0.1) is 11.4 Å². The van der Waals surface area contributed by atoms with Crippen molar-refractivity contribution in [1.29, 1.82) is 0 Å². The third-order valence-corrected chi connectivity index (χ3v) is 6.01. The molecular weight excluding hydrogens is 454 g/mol. The summed E-state index contributed by atoms with van der Waals surface area (Å²) >= 11 is 0. The molecule has 0 aliphatic rings. The van der Waals surface area contributed by atoms with E-state index < -0.39 is 10.1 Å². The first kappa shape index (κ1) is 22.9. The van der Waals surface area contributed by atoms with Crippen LogP contribution < -0.4 is 5.84 Å². The number of fused-ring (bicyclic) bond motifs is 1. The summed E-state index contributed by atoms with van der Waals surface area (Å²) in [6.07, 6.45) is 3.05. The number of carbonyl (C=O) groups is 1. The van der Waals surface area contributed by atoms with E-state index in [9.17, 15) is 17.8 Å². The fourth-order valence-electron chi connectivity index (χ4n) is 3.59. The van der Waals surface area contributed by atoms with Gasteiger partial charge in [-0.05, 0) is 25.1 Å². The second-order valence-corrected chi connectivity index (χ2v) is 8.71. The highest BCUT2D eigenvalue weighted by molar-refractivity contribution is 7.86. The Balaban J connectivity index is 1.77. The van der Waals surface area contributed by atoms with Gasteiger partial charge in [-0.25, -0.2) is 0 Å². The van der Waals surface area contributed by atoms with Gasteiger partial charge in [0.15, 0.2) is 5.78 Å². The van der Waals surface area contributed by atoms with E-state index in [2.05, 4.69) is 20.3 Å². The molecule has 1 aromatic heterocycles. The van der Waals surface area contributed by atoms with E-state index in [1.165, 1.54) is 19.2 Å². The number of Topliss-reactive ketones (excluding diaryl/α,β-unsaturated/α-hetero) is 1. The third-order valence-electron chi connectivity index (χ3n) is 5.12. The van der Waals surface area contributed by atoms with Crippen molar-refractivity contribution in [2.75, 3.05) is 0 Å². The van der Waals surface area contributed by atoms with Crippen LogP contribution in [-0.2, 0) is 10.1 Å². The number of carbonyl (C=O) groups excluding carboxylic acids is 1. The number of ketones is 1. The first-order valence-corrected chi connectivity index (χ1v) is 11.5. The molecule has 0 bridgehead atoms. The summed E-state index contributed by atoms with van der Waals surface area (Å²) in [6, 6.07) is 18.4. The molecule has 10 heteroatoms. The van der Waals surface area contributed by atoms with E-state index in [-0.39, 0.29) is 27.4 Å². The van der Waals surface area contributed by atoms with Crippen LogP contribution in [0.5, 0.6) is 0 Å². The Morgan fingerprint density at radius 1 is 1.03 bits per heavy atom. The highest BCUT2D eigenvalue weighted by atomic mass is 32.2. The summed E-state index contributed by atoms with van der Waals surface area (Å²) in [7, 11) is -4.53. The smallest absolute Gasteiger partial charge is 0.295 e. The van der Waals surface area contributed by atoms with Crippen LogP contribution in [-0.4, -0.2) is 30.0 Å². The minimum atomic E-state index is -4.53. The summed E-state index contributed by atoms with van der Waals surface area (Å²) < 4.78 is 33.7. The molecule has 0 radical (unpaired) electrons. The molecule has 170 valence electrons. The number of rotatable bonds is 6. The van der Waals surface area contributed by atoms with E-state index in [4.69, 9.17) is 5.84 Å². The Labute approximate surface area is 195 Å². The number of aromatic nitrogens is 1. The van der Waals surface area contributed by atoms with Crippen LogP contribution in [0, 0.1) is 0 Å². The Morgan fingerprint density at radius 2 is 1.74 bits per heavy atom. The fourth-order valence-corrected chi connectivity index (χ4v) is 4.30. The zero-order chi connectivity index (χ0) is 24.3. The van der Waals surface area contributed by atoms with Gasteiger partial charge in [0.1, 0.15) is 10.6 Å². The van der Waals surface area contributed by atoms with Crippen LogP contribution in [0.15, 0.2) is 93.2 Å². The molecule has 0 aliphatic heterocycles. The summed E-state index contributed by atoms with van der Waals surface area (Å²) in [5.41, 5.74) is 2.92. The predicted molar refractivity (Wildman–Crippen MR) is 129 cm³/mol. The number of aliphatic imine (C=N–C) groups is 1. The Bertz CT molecular complexity index is 1560. The molecule has 0 unspecified atom stereocenters. The lowest BCUT2D eigenvalue weighted by Gasteiger charge is -2.09. The Kier molecular flexibility index (Phi) is 6.26. The first-order chi connectivity index (χ1) is 16.3. The Hall–Kier alpha value is -4.28. The normalized spacial score (nSPS) is 12.1. The zero-order valence-electron chi connectivity index (χ0n) is 18.0. The Morgan fingerprint density at radius 3 is 2.38 bits per heavy atom. The van der Waals surface area contributed by atoms with Gasteiger partial charge >= 0.3 is 0 Å². The van der Waals surface area contributed by atoms with Crippen molar-refractivity contribution in [2.24, 2.45) is 21.2 Å². The quantitative estimate of drug-likeness (QED) is 0.0999. The van der Waals surface area contributed by atoms with Gasteiger partial charge in [-0.3, -0.25) is 19.3 Å². The van der Waals surface area contributed by atoms with Gasteiger partial charge in [0, 0.05) is 39.9 Å². The molecule has 0 amide bonds. The molecule has 0 fully saturated rings. The molecule has 0 atom stereocenters. The molecule has 0 saturated carbocycles. The lowest BCUT2D eigenvalue weighted by atomic mass is 10.0. The minimum absolute atomic E-state index is 0.0596. The largest absolute Gasteiger partial charge is 0.305 e. The molecule has 4 aromatic rings. The standard InChI is InChI=1S/C24H19N5O4S/c1-15(30)17-6-2-3-7-18(17)21-11-10-16(13-26-21)14-27-22-12-23(34(31,32)33)19-8-4-5-9-20(19)24(22)28-29-25/h2-14H,1H3,(H2,25,28)(H,31,32,33). The molecule has 0 aliphatic carbocycles. The molecule has 0 saturated heterocycles. The highest BCUT2D eigenvalue weighted by Gasteiger charge is 2.19. The van der Waals surface area contributed by atoms with Crippen LogP contribution in [0.4, 0.5) is 11.4 Å². The highest BCUT2D eigenvalue weighted by Crippen LogP contribution is 2.40. The van der Waals surface area contributed by atoms with Gasteiger partial charge in [0.2, 0.25) is 0 Å². The summed E-state index contributed by atoms with van der Waals surface area (Å²) in [6.45, 7) is 1.50. The van der Waals surface area contributed by atoms with E-state index in [1.807, 2.05) is 12.1 Å². The van der Waals surface area contributed by atoms with Crippen molar-refractivity contribution in [3.63, 3.8) is 0 Å². The second kappa shape index (κ2) is 9.30. The van der Waals surface area contributed by atoms with Crippen LogP contribution in [0.3, 0.4) is 0 Å². The predicted octanol–water partition coefficient (Wildman–Crippen LogP) is 5.06. The van der Waals surface area contributed by atoms with Gasteiger partial charge in [0.25, 0.3) is 10.1 Å². The van der Waals surface area contributed by atoms with Gasteiger partial charge < -0.3 is 5.84 Å². The van der Waals surface area contributed by atoms with Crippen molar-refractivity contribution in [3.05, 3.63) is 84.1 Å². The fraction of sp³-hybridized carbons (Fsp3) is 0.0417. The number of pyridine rings is 1. The van der Waals surface area contributed by atoms with E-state index in [0.717, 1.165) is 5.56 Å². The summed E-state index contributed by atoms with van der Waals surface area (Å²) in [4.78, 5) is 20.4.